The van der Waals surface area contributed by atoms with Gasteiger partial charge < -0.3 is 24.8 Å². The lowest BCUT2D eigenvalue weighted by molar-refractivity contribution is -0.131. The highest BCUT2D eigenvalue weighted by Crippen LogP contribution is 2.17. The van der Waals surface area contributed by atoms with Gasteiger partial charge in [-0.3, -0.25) is 9.79 Å². The number of hydrogen-bond acceptors (Lipinski definition) is 4. The highest BCUT2D eigenvalue weighted by atomic mass is 127. The first-order valence-electron chi connectivity index (χ1n) is 10.2. The summed E-state index contributed by atoms with van der Waals surface area (Å²) in [6.45, 7) is 6.71. The van der Waals surface area contributed by atoms with Crippen LogP contribution in [0, 0.1) is 5.92 Å². The highest BCUT2D eigenvalue weighted by Gasteiger charge is 2.25. The highest BCUT2D eigenvalue weighted by molar-refractivity contribution is 14.0. The second-order valence-electron chi connectivity index (χ2n) is 7.48. The van der Waals surface area contributed by atoms with E-state index >= 15 is 0 Å². The molecule has 1 amide bonds. The fourth-order valence-electron chi connectivity index (χ4n) is 4.02. The van der Waals surface area contributed by atoms with E-state index < -0.39 is 0 Å². The smallest absolute Gasteiger partial charge is 0.224 e. The molecule has 1 aromatic carbocycles. The third-order valence-corrected chi connectivity index (χ3v) is 5.58. The van der Waals surface area contributed by atoms with Crippen molar-refractivity contribution in [3.05, 3.63) is 30.3 Å². The zero-order valence-corrected chi connectivity index (χ0v) is 19.9. The van der Waals surface area contributed by atoms with Crippen molar-refractivity contribution in [2.75, 3.05) is 71.5 Å². The number of halogens is 1. The molecular formula is C21H34IN5O2. The van der Waals surface area contributed by atoms with Crippen molar-refractivity contribution in [1.29, 1.82) is 0 Å². The lowest BCUT2D eigenvalue weighted by atomic mass is 10.1. The lowest BCUT2D eigenvalue weighted by Gasteiger charge is -2.36. The molecule has 2 saturated heterocycles. The summed E-state index contributed by atoms with van der Waals surface area (Å²) in [6, 6.07) is 10.4. The molecule has 0 bridgehead atoms. The predicted molar refractivity (Wildman–Crippen MR) is 128 cm³/mol. The number of likely N-dealkylation sites (tertiary alicyclic amines) is 1. The van der Waals surface area contributed by atoms with E-state index in [-0.39, 0.29) is 29.9 Å². The van der Waals surface area contributed by atoms with E-state index in [2.05, 4.69) is 44.4 Å². The largest absolute Gasteiger partial charge is 0.384 e. The van der Waals surface area contributed by atoms with E-state index in [9.17, 15) is 4.79 Å². The van der Waals surface area contributed by atoms with Gasteiger partial charge in [0, 0.05) is 78.0 Å². The number of amides is 1. The summed E-state index contributed by atoms with van der Waals surface area (Å²) >= 11 is 0. The Morgan fingerprint density at radius 2 is 1.86 bits per heavy atom. The van der Waals surface area contributed by atoms with Gasteiger partial charge >= 0.3 is 0 Å². The van der Waals surface area contributed by atoms with Crippen LogP contribution in [0.1, 0.15) is 12.8 Å². The van der Waals surface area contributed by atoms with Gasteiger partial charge in [0.2, 0.25) is 5.91 Å². The Bertz CT molecular complexity index is 650. The molecule has 0 aliphatic carbocycles. The number of hydrogen-bond donors (Lipinski definition) is 1. The molecule has 1 aromatic rings. The number of anilines is 1. The molecule has 29 heavy (non-hydrogen) atoms. The number of methoxy groups -OCH3 is 1. The summed E-state index contributed by atoms with van der Waals surface area (Å²) in [6.07, 6.45) is 1.62. The number of nitrogens with zero attached hydrogens (tertiary/aromatic N) is 4. The van der Waals surface area contributed by atoms with E-state index in [1.807, 2.05) is 11.0 Å². The number of para-hydroxylation sites is 1. The van der Waals surface area contributed by atoms with Gasteiger partial charge in [-0.05, 0) is 18.6 Å². The van der Waals surface area contributed by atoms with E-state index in [4.69, 9.17) is 4.74 Å². The molecule has 0 radical (unpaired) electrons. The monoisotopic (exact) mass is 515 g/mol. The summed E-state index contributed by atoms with van der Waals surface area (Å²) in [5.74, 6) is 1.67. The van der Waals surface area contributed by atoms with Crippen LogP contribution in [0.15, 0.2) is 35.3 Å². The quantitative estimate of drug-likeness (QED) is 0.357. The topological polar surface area (TPSA) is 60.4 Å². The first-order valence-corrected chi connectivity index (χ1v) is 10.2. The van der Waals surface area contributed by atoms with Crippen LogP contribution >= 0.6 is 24.0 Å². The second kappa shape index (κ2) is 12.2. The third-order valence-electron chi connectivity index (χ3n) is 5.58. The predicted octanol–water partition coefficient (Wildman–Crippen LogP) is 1.89. The van der Waals surface area contributed by atoms with Crippen LogP contribution in [-0.2, 0) is 9.53 Å². The maximum absolute atomic E-state index is 12.6. The lowest BCUT2D eigenvalue weighted by Crippen LogP contribution is -2.49. The summed E-state index contributed by atoms with van der Waals surface area (Å²) in [4.78, 5) is 23.5. The molecule has 2 aliphatic heterocycles. The third kappa shape index (κ3) is 6.74. The molecule has 8 heteroatoms. The van der Waals surface area contributed by atoms with Crippen LogP contribution in [0.2, 0.25) is 0 Å². The molecular weight excluding hydrogens is 481 g/mol. The van der Waals surface area contributed by atoms with Gasteiger partial charge in [0.05, 0.1) is 6.61 Å². The molecule has 7 nitrogen and oxygen atoms in total. The number of piperazine rings is 1. The van der Waals surface area contributed by atoms with Gasteiger partial charge in [0.15, 0.2) is 5.96 Å². The number of rotatable bonds is 6. The Kier molecular flexibility index (Phi) is 9.99. The van der Waals surface area contributed by atoms with Crippen LogP contribution in [0.3, 0.4) is 0 Å². The standard InChI is InChI=1S/C21H33N5O2.HI/c1-22-21(26-11-9-18(16-26)17-28-2)23-10-8-20(27)25-14-12-24(13-15-25)19-6-4-3-5-7-19;/h3-7,18H,8-17H2,1-2H3,(H,22,23);1H. The van der Waals surface area contributed by atoms with Gasteiger partial charge in [-0.2, -0.15) is 0 Å². The minimum atomic E-state index is 0. The molecule has 0 aromatic heterocycles. The Hall–Kier alpha value is -1.55. The average molecular weight is 515 g/mol. The summed E-state index contributed by atoms with van der Waals surface area (Å²) in [5, 5.41) is 3.36. The molecule has 2 aliphatic rings. The molecule has 2 heterocycles. The first-order chi connectivity index (χ1) is 13.7. The van der Waals surface area contributed by atoms with E-state index in [1.54, 1.807) is 14.2 Å². The van der Waals surface area contributed by atoms with Gasteiger partial charge in [-0.15, -0.1) is 24.0 Å². The Morgan fingerprint density at radius 3 is 2.52 bits per heavy atom. The second-order valence-corrected chi connectivity index (χ2v) is 7.48. The number of ether oxygens (including phenoxy) is 1. The van der Waals surface area contributed by atoms with Crippen molar-refractivity contribution < 1.29 is 9.53 Å². The van der Waals surface area contributed by atoms with Crippen LogP contribution in [-0.4, -0.2) is 88.2 Å². The van der Waals surface area contributed by atoms with Crippen molar-refractivity contribution in [1.82, 2.24) is 15.1 Å². The molecule has 162 valence electrons. The zero-order valence-electron chi connectivity index (χ0n) is 17.5. The number of guanidine groups is 1. The molecule has 1 N–H and O–H groups in total. The number of benzene rings is 1. The van der Waals surface area contributed by atoms with E-state index in [1.165, 1.54) is 5.69 Å². The van der Waals surface area contributed by atoms with E-state index in [0.717, 1.165) is 58.3 Å². The first kappa shape index (κ1) is 23.7. The maximum atomic E-state index is 12.6. The number of carbonyl (C=O) groups excluding carboxylic acids is 1. The SMILES string of the molecule is CN=C(NCCC(=O)N1CCN(c2ccccc2)CC1)N1CCC(COC)C1.I. The van der Waals surface area contributed by atoms with Crippen molar-refractivity contribution in [2.45, 2.75) is 12.8 Å². The van der Waals surface area contributed by atoms with Crippen molar-refractivity contribution in [3.8, 4) is 0 Å². The van der Waals surface area contributed by atoms with Crippen molar-refractivity contribution in [2.24, 2.45) is 10.9 Å². The normalized spacial score (nSPS) is 19.9. The number of nitrogens with one attached hydrogen (secondary N) is 1. The van der Waals surface area contributed by atoms with Gasteiger partial charge in [-0.25, -0.2) is 0 Å². The average Bonchev–Trinajstić information content (AvgIpc) is 3.20. The molecule has 0 spiro atoms. The zero-order chi connectivity index (χ0) is 19.8. The number of aliphatic imine (C=N–C) groups is 1. The molecule has 2 fully saturated rings. The Balaban J connectivity index is 0.00000300. The van der Waals surface area contributed by atoms with E-state index in [0.29, 0.717) is 18.9 Å². The minimum Gasteiger partial charge on any atom is -0.384 e. The van der Waals surface area contributed by atoms with Crippen LogP contribution in [0.25, 0.3) is 0 Å². The van der Waals surface area contributed by atoms with Crippen LogP contribution in [0.4, 0.5) is 5.69 Å². The van der Waals surface area contributed by atoms with Crippen LogP contribution in [0.5, 0.6) is 0 Å². The van der Waals surface area contributed by atoms with Crippen molar-refractivity contribution >= 4 is 41.5 Å². The minimum absolute atomic E-state index is 0. The fraction of sp³-hybridized carbons (Fsp3) is 0.619. The summed E-state index contributed by atoms with van der Waals surface area (Å²) < 4.78 is 5.26. The molecule has 1 unspecified atom stereocenters. The summed E-state index contributed by atoms with van der Waals surface area (Å²) in [7, 11) is 3.55. The Labute approximate surface area is 191 Å². The van der Waals surface area contributed by atoms with Gasteiger partial charge in [0.1, 0.15) is 0 Å². The summed E-state index contributed by atoms with van der Waals surface area (Å²) in [5.41, 5.74) is 1.23. The van der Waals surface area contributed by atoms with Gasteiger partial charge in [-0.1, -0.05) is 18.2 Å². The maximum Gasteiger partial charge on any atom is 0.224 e. The number of carbonyl (C=O) groups is 1. The molecule has 0 saturated carbocycles. The van der Waals surface area contributed by atoms with Crippen molar-refractivity contribution in [3.63, 3.8) is 0 Å². The molecule has 1 atom stereocenters. The van der Waals surface area contributed by atoms with Gasteiger partial charge in [0.25, 0.3) is 0 Å². The fourth-order valence-corrected chi connectivity index (χ4v) is 4.02. The molecule has 3 rings (SSSR count). The Morgan fingerprint density at radius 1 is 1.14 bits per heavy atom. The van der Waals surface area contributed by atoms with Crippen LogP contribution < -0.4 is 10.2 Å².